The van der Waals surface area contributed by atoms with E-state index in [2.05, 4.69) is 0 Å². The molecule has 1 unspecified atom stereocenters. The lowest BCUT2D eigenvalue weighted by Crippen LogP contribution is -2.42. The molecule has 0 aliphatic carbocycles. The summed E-state index contributed by atoms with van der Waals surface area (Å²) >= 11 is 0. The summed E-state index contributed by atoms with van der Waals surface area (Å²) in [5.74, 6) is -0.723. The van der Waals surface area contributed by atoms with Gasteiger partial charge in [0.25, 0.3) is 5.91 Å². The molecule has 1 atom stereocenters. The Labute approximate surface area is 123 Å². The van der Waals surface area contributed by atoms with Gasteiger partial charge in [-0.25, -0.2) is 0 Å². The highest BCUT2D eigenvalue weighted by Crippen LogP contribution is 2.32. The molecule has 0 spiro atoms. The number of ether oxygens (including phenoxy) is 2. The molecule has 1 heterocycles. The molecule has 1 aromatic carbocycles. The van der Waals surface area contributed by atoms with Gasteiger partial charge < -0.3 is 19.5 Å². The number of piperidine rings is 1. The van der Waals surface area contributed by atoms with Crippen LogP contribution >= 0.6 is 0 Å². The molecule has 6 nitrogen and oxygen atoms in total. The van der Waals surface area contributed by atoms with Gasteiger partial charge >= 0.3 is 5.97 Å². The van der Waals surface area contributed by atoms with E-state index < -0.39 is 11.9 Å². The van der Waals surface area contributed by atoms with Crippen LogP contribution in [0, 0.1) is 5.92 Å². The van der Waals surface area contributed by atoms with Crippen molar-refractivity contribution in [2.45, 2.75) is 12.8 Å². The lowest BCUT2D eigenvalue weighted by Gasteiger charge is -2.31. The summed E-state index contributed by atoms with van der Waals surface area (Å²) in [4.78, 5) is 25.3. The number of benzene rings is 1. The minimum absolute atomic E-state index is 0.225. The normalized spacial score (nSPS) is 18.2. The second-order valence-electron chi connectivity index (χ2n) is 4.97. The average Bonchev–Trinajstić information content (AvgIpc) is 2.53. The van der Waals surface area contributed by atoms with Crippen LogP contribution in [0.2, 0.25) is 0 Å². The zero-order valence-corrected chi connectivity index (χ0v) is 12.2. The summed E-state index contributed by atoms with van der Waals surface area (Å²) in [6.07, 6.45) is 1.29. The largest absolute Gasteiger partial charge is 0.493 e. The zero-order valence-electron chi connectivity index (χ0n) is 12.2. The van der Waals surface area contributed by atoms with Gasteiger partial charge in [-0.2, -0.15) is 0 Å². The van der Waals surface area contributed by atoms with E-state index >= 15 is 0 Å². The highest BCUT2D eigenvalue weighted by Gasteiger charge is 2.30. The van der Waals surface area contributed by atoms with E-state index in [9.17, 15) is 9.59 Å². The fourth-order valence-corrected chi connectivity index (χ4v) is 2.59. The number of amides is 1. The summed E-state index contributed by atoms with van der Waals surface area (Å²) in [6, 6.07) is 5.09. The van der Waals surface area contributed by atoms with Crippen molar-refractivity contribution >= 4 is 11.9 Å². The molecule has 21 heavy (non-hydrogen) atoms. The van der Waals surface area contributed by atoms with E-state index in [-0.39, 0.29) is 12.5 Å². The fraction of sp³-hybridized carbons (Fsp3) is 0.467. The van der Waals surface area contributed by atoms with Gasteiger partial charge in [0, 0.05) is 13.1 Å². The molecule has 0 aromatic heterocycles. The summed E-state index contributed by atoms with van der Waals surface area (Å²) in [5, 5.41) is 9.11. The number of para-hydroxylation sites is 1. The first-order valence-corrected chi connectivity index (χ1v) is 6.81. The number of carbonyl (C=O) groups is 2. The third-order valence-corrected chi connectivity index (χ3v) is 3.69. The number of carboxylic acids is 1. The summed E-state index contributed by atoms with van der Waals surface area (Å²) in [7, 11) is 2.98. The third-order valence-electron chi connectivity index (χ3n) is 3.69. The maximum absolute atomic E-state index is 12.6. The molecule has 2 rings (SSSR count). The molecular formula is C15H19NO5. The van der Waals surface area contributed by atoms with Crippen LogP contribution in [0.1, 0.15) is 23.2 Å². The minimum Gasteiger partial charge on any atom is -0.493 e. The van der Waals surface area contributed by atoms with Crippen molar-refractivity contribution in [3.05, 3.63) is 23.8 Å². The number of aliphatic carboxylic acids is 1. The Morgan fingerprint density at radius 1 is 1.29 bits per heavy atom. The molecule has 1 saturated heterocycles. The molecule has 6 heteroatoms. The Hall–Kier alpha value is -2.24. The van der Waals surface area contributed by atoms with Gasteiger partial charge in [0.2, 0.25) is 0 Å². The van der Waals surface area contributed by atoms with Crippen LogP contribution in [-0.4, -0.2) is 49.2 Å². The first-order valence-electron chi connectivity index (χ1n) is 6.81. The fourth-order valence-electron chi connectivity index (χ4n) is 2.59. The Kier molecular flexibility index (Phi) is 4.67. The summed E-state index contributed by atoms with van der Waals surface area (Å²) in [6.45, 7) is 0.789. The standard InChI is InChI=1S/C15H19NO5/c1-20-12-7-3-6-11(13(12)21-2)14(17)16-8-4-5-10(9-16)15(18)19/h3,6-7,10H,4-5,8-9H2,1-2H3,(H,18,19). The number of carbonyl (C=O) groups excluding carboxylic acids is 1. The van der Waals surface area contributed by atoms with Crippen molar-refractivity contribution in [2.75, 3.05) is 27.3 Å². The third kappa shape index (κ3) is 3.09. The summed E-state index contributed by atoms with van der Waals surface area (Å²) in [5.41, 5.74) is 0.392. The van der Waals surface area contributed by atoms with Gasteiger partial charge in [-0.1, -0.05) is 6.07 Å². The molecular weight excluding hydrogens is 274 g/mol. The van der Waals surface area contributed by atoms with Crippen molar-refractivity contribution < 1.29 is 24.2 Å². The van der Waals surface area contributed by atoms with E-state index in [0.717, 1.165) is 0 Å². The first-order chi connectivity index (χ1) is 10.1. The van der Waals surface area contributed by atoms with Crippen LogP contribution in [-0.2, 0) is 4.79 Å². The quantitative estimate of drug-likeness (QED) is 0.913. The second-order valence-corrected chi connectivity index (χ2v) is 4.97. The smallest absolute Gasteiger partial charge is 0.308 e. The predicted molar refractivity (Wildman–Crippen MR) is 75.8 cm³/mol. The number of hydrogen-bond acceptors (Lipinski definition) is 4. The Morgan fingerprint density at radius 2 is 2.05 bits per heavy atom. The zero-order chi connectivity index (χ0) is 15.4. The van der Waals surface area contributed by atoms with Gasteiger partial charge in [0.05, 0.1) is 25.7 Å². The van der Waals surface area contributed by atoms with Gasteiger partial charge in [-0.05, 0) is 25.0 Å². The summed E-state index contributed by atoms with van der Waals surface area (Å²) < 4.78 is 10.4. The molecule has 0 saturated carbocycles. The van der Waals surface area contributed by atoms with Crippen molar-refractivity contribution in [1.82, 2.24) is 4.90 Å². The van der Waals surface area contributed by atoms with Gasteiger partial charge in [-0.15, -0.1) is 0 Å². The van der Waals surface area contributed by atoms with Crippen molar-refractivity contribution in [1.29, 1.82) is 0 Å². The van der Waals surface area contributed by atoms with Crippen LogP contribution in [0.3, 0.4) is 0 Å². The topological polar surface area (TPSA) is 76.1 Å². The number of methoxy groups -OCH3 is 2. The average molecular weight is 293 g/mol. The van der Waals surface area contributed by atoms with E-state index in [0.29, 0.717) is 36.4 Å². The Morgan fingerprint density at radius 3 is 2.67 bits per heavy atom. The monoisotopic (exact) mass is 293 g/mol. The maximum atomic E-state index is 12.6. The number of carboxylic acid groups (broad SMARTS) is 1. The van der Waals surface area contributed by atoms with E-state index in [4.69, 9.17) is 14.6 Å². The van der Waals surface area contributed by atoms with E-state index in [1.165, 1.54) is 14.2 Å². The Bertz CT molecular complexity index is 543. The molecule has 114 valence electrons. The second kappa shape index (κ2) is 6.47. The lowest BCUT2D eigenvalue weighted by atomic mass is 9.97. The maximum Gasteiger partial charge on any atom is 0.308 e. The number of nitrogens with zero attached hydrogens (tertiary/aromatic N) is 1. The first kappa shape index (κ1) is 15.2. The SMILES string of the molecule is COc1cccc(C(=O)N2CCCC(C(=O)O)C2)c1OC. The van der Waals surface area contributed by atoms with Crippen LogP contribution in [0.15, 0.2) is 18.2 Å². The van der Waals surface area contributed by atoms with Gasteiger partial charge in [0.1, 0.15) is 0 Å². The van der Waals surface area contributed by atoms with E-state index in [1.807, 2.05) is 0 Å². The van der Waals surface area contributed by atoms with Crippen LogP contribution in [0.4, 0.5) is 0 Å². The van der Waals surface area contributed by atoms with Crippen LogP contribution < -0.4 is 9.47 Å². The number of likely N-dealkylation sites (tertiary alicyclic amines) is 1. The molecule has 1 aliphatic rings. The van der Waals surface area contributed by atoms with Crippen LogP contribution in [0.5, 0.6) is 11.5 Å². The molecule has 1 aromatic rings. The Balaban J connectivity index is 2.25. The molecule has 1 N–H and O–H groups in total. The molecule has 0 bridgehead atoms. The predicted octanol–water partition coefficient (Wildman–Crippen LogP) is 1.64. The minimum atomic E-state index is -0.856. The molecule has 1 fully saturated rings. The highest BCUT2D eigenvalue weighted by molar-refractivity contribution is 5.98. The van der Waals surface area contributed by atoms with E-state index in [1.54, 1.807) is 23.1 Å². The van der Waals surface area contributed by atoms with Crippen LogP contribution in [0.25, 0.3) is 0 Å². The van der Waals surface area contributed by atoms with Crippen molar-refractivity contribution in [3.8, 4) is 11.5 Å². The highest BCUT2D eigenvalue weighted by atomic mass is 16.5. The lowest BCUT2D eigenvalue weighted by molar-refractivity contribution is -0.143. The van der Waals surface area contributed by atoms with Gasteiger partial charge in [-0.3, -0.25) is 9.59 Å². The van der Waals surface area contributed by atoms with Crippen molar-refractivity contribution in [3.63, 3.8) is 0 Å². The molecule has 0 radical (unpaired) electrons. The molecule has 1 amide bonds. The number of hydrogen-bond donors (Lipinski definition) is 1. The van der Waals surface area contributed by atoms with Gasteiger partial charge in [0.15, 0.2) is 11.5 Å². The number of rotatable bonds is 4. The molecule has 1 aliphatic heterocycles. The van der Waals surface area contributed by atoms with Crippen molar-refractivity contribution in [2.24, 2.45) is 5.92 Å².